The molecule has 1 atom stereocenters. The Morgan fingerprint density at radius 2 is 2.11 bits per heavy atom. The maximum Gasteiger partial charge on any atom is 0.0466 e. The van der Waals surface area contributed by atoms with E-state index in [4.69, 9.17) is 4.74 Å². The number of hydrogen-bond acceptors (Lipinski definition) is 2. The van der Waals surface area contributed by atoms with Crippen molar-refractivity contribution in [2.45, 2.75) is 46.1 Å². The molecule has 0 bridgehead atoms. The van der Waals surface area contributed by atoms with E-state index in [0.29, 0.717) is 6.04 Å². The van der Waals surface area contributed by atoms with Crippen LogP contribution < -0.4 is 0 Å². The summed E-state index contributed by atoms with van der Waals surface area (Å²) in [4.78, 5) is 2.31. The molecule has 104 valence electrons. The summed E-state index contributed by atoms with van der Waals surface area (Å²) in [6.45, 7) is 11.9. The first-order chi connectivity index (χ1) is 8.67. The lowest BCUT2D eigenvalue weighted by atomic mass is 10.1. The molecule has 1 unspecified atom stereocenters. The number of rotatable bonds is 10. The van der Waals surface area contributed by atoms with Gasteiger partial charge in [0, 0.05) is 32.0 Å². The van der Waals surface area contributed by atoms with Crippen molar-refractivity contribution in [1.82, 2.24) is 4.90 Å². The smallest absolute Gasteiger partial charge is 0.0466 e. The topological polar surface area (TPSA) is 12.5 Å². The minimum atomic E-state index is 0.512. The maximum absolute atomic E-state index is 5.37. The largest absolute Gasteiger partial charge is 0.382 e. The van der Waals surface area contributed by atoms with Gasteiger partial charge in [-0.15, -0.1) is 0 Å². The Balaban J connectivity index is 4.29. The normalized spacial score (nSPS) is 13.9. The first kappa shape index (κ1) is 17.0. The molecular formula is C16H29NO. The lowest BCUT2D eigenvalue weighted by Gasteiger charge is -2.28. The van der Waals surface area contributed by atoms with E-state index in [-0.39, 0.29) is 0 Å². The van der Waals surface area contributed by atoms with Gasteiger partial charge in [0.25, 0.3) is 0 Å². The van der Waals surface area contributed by atoms with Crippen LogP contribution in [0.3, 0.4) is 0 Å². The van der Waals surface area contributed by atoms with Crippen LogP contribution in [0.1, 0.15) is 40.0 Å². The molecule has 0 rings (SSSR count). The molecule has 0 fully saturated rings. The molecule has 18 heavy (non-hydrogen) atoms. The Bertz CT molecular complexity index is 268. The van der Waals surface area contributed by atoms with Crippen molar-refractivity contribution >= 4 is 0 Å². The van der Waals surface area contributed by atoms with Crippen LogP contribution in [0, 0.1) is 0 Å². The second-order valence-electron chi connectivity index (χ2n) is 4.44. The summed E-state index contributed by atoms with van der Waals surface area (Å²) in [6.07, 6.45) is 11.6. The van der Waals surface area contributed by atoms with Crippen LogP contribution in [0.4, 0.5) is 0 Å². The molecule has 0 aliphatic heterocycles. The fourth-order valence-electron chi connectivity index (χ4n) is 1.72. The zero-order chi connectivity index (χ0) is 13.8. The van der Waals surface area contributed by atoms with E-state index >= 15 is 0 Å². The van der Waals surface area contributed by atoms with Gasteiger partial charge in [-0.2, -0.15) is 0 Å². The highest BCUT2D eigenvalue weighted by Crippen LogP contribution is 2.13. The van der Waals surface area contributed by atoms with Gasteiger partial charge in [0.2, 0.25) is 0 Å². The van der Waals surface area contributed by atoms with Gasteiger partial charge < -0.3 is 9.64 Å². The van der Waals surface area contributed by atoms with E-state index in [0.717, 1.165) is 32.5 Å². The summed E-state index contributed by atoms with van der Waals surface area (Å²) in [7, 11) is 2.14. The molecule has 0 saturated carbocycles. The number of likely N-dealkylation sites (N-methyl/N-ethyl adjacent to an activating group) is 1. The number of hydrogen-bond donors (Lipinski definition) is 0. The summed E-state index contributed by atoms with van der Waals surface area (Å²) >= 11 is 0. The molecule has 2 nitrogen and oxygen atoms in total. The van der Waals surface area contributed by atoms with Crippen molar-refractivity contribution in [3.63, 3.8) is 0 Å². The fraction of sp³-hybridized carbons (Fsp3) is 0.625. The molecule has 0 aliphatic carbocycles. The van der Waals surface area contributed by atoms with Gasteiger partial charge in [0.1, 0.15) is 0 Å². The van der Waals surface area contributed by atoms with Crippen LogP contribution in [0.2, 0.25) is 0 Å². The average molecular weight is 251 g/mol. The number of nitrogens with zero attached hydrogens (tertiary/aromatic N) is 1. The predicted molar refractivity (Wildman–Crippen MR) is 80.7 cm³/mol. The van der Waals surface area contributed by atoms with Crippen molar-refractivity contribution < 1.29 is 4.74 Å². The Morgan fingerprint density at radius 1 is 1.39 bits per heavy atom. The van der Waals surface area contributed by atoms with Crippen LogP contribution in [0.15, 0.2) is 36.6 Å². The van der Waals surface area contributed by atoms with Crippen LogP contribution in [0.5, 0.6) is 0 Å². The highest BCUT2D eigenvalue weighted by atomic mass is 16.5. The van der Waals surface area contributed by atoms with Gasteiger partial charge >= 0.3 is 0 Å². The van der Waals surface area contributed by atoms with Crippen LogP contribution >= 0.6 is 0 Å². The third-order valence-electron chi connectivity index (χ3n) is 3.00. The first-order valence-electron chi connectivity index (χ1n) is 6.97. The molecule has 0 aromatic rings. The van der Waals surface area contributed by atoms with Gasteiger partial charge in [0.05, 0.1) is 0 Å². The van der Waals surface area contributed by atoms with Crippen LogP contribution in [-0.2, 0) is 4.74 Å². The SMILES string of the molecule is C=C/C=C(\C=C/CC)N(C)C(C)CCCOCC. The predicted octanol–water partition coefficient (Wildman–Crippen LogP) is 4.16. The lowest BCUT2D eigenvalue weighted by molar-refractivity contribution is 0.137. The molecule has 0 spiro atoms. The van der Waals surface area contributed by atoms with E-state index in [1.54, 1.807) is 0 Å². The number of allylic oxidation sites excluding steroid dienone is 4. The van der Waals surface area contributed by atoms with Crippen LogP contribution in [-0.4, -0.2) is 31.2 Å². The molecule has 0 aromatic carbocycles. The summed E-state index contributed by atoms with van der Waals surface area (Å²) in [5.74, 6) is 0. The van der Waals surface area contributed by atoms with Gasteiger partial charge in [-0.25, -0.2) is 0 Å². The Labute approximate surface area is 113 Å². The molecule has 0 aliphatic rings. The van der Waals surface area contributed by atoms with Gasteiger partial charge in [0.15, 0.2) is 0 Å². The summed E-state index contributed by atoms with van der Waals surface area (Å²) in [5.41, 5.74) is 1.22. The zero-order valence-electron chi connectivity index (χ0n) is 12.5. The fourth-order valence-corrected chi connectivity index (χ4v) is 1.72. The Hall–Kier alpha value is -1.02. The van der Waals surface area contributed by atoms with Crippen molar-refractivity contribution in [2.75, 3.05) is 20.3 Å². The van der Waals surface area contributed by atoms with E-state index in [2.05, 4.69) is 50.6 Å². The minimum Gasteiger partial charge on any atom is -0.382 e. The quantitative estimate of drug-likeness (QED) is 0.427. The number of ether oxygens (including phenoxy) is 1. The Kier molecular flexibility index (Phi) is 10.5. The standard InChI is InChI=1S/C16H29NO/c1-6-9-13-16(11-7-2)17(5)15(4)12-10-14-18-8-3/h7,9,11,13,15H,2,6,8,10,12,14H2,1,3-5H3/b13-9-,16-11+. The van der Waals surface area contributed by atoms with Crippen molar-refractivity contribution in [1.29, 1.82) is 0 Å². The van der Waals surface area contributed by atoms with Gasteiger partial charge in [-0.1, -0.05) is 25.7 Å². The van der Waals surface area contributed by atoms with E-state index in [1.807, 2.05) is 13.0 Å². The molecular weight excluding hydrogens is 222 g/mol. The lowest BCUT2D eigenvalue weighted by Crippen LogP contribution is -2.28. The molecule has 0 saturated heterocycles. The minimum absolute atomic E-state index is 0.512. The van der Waals surface area contributed by atoms with Gasteiger partial charge in [-0.05, 0) is 45.3 Å². The van der Waals surface area contributed by atoms with E-state index in [1.165, 1.54) is 5.70 Å². The van der Waals surface area contributed by atoms with Crippen molar-refractivity contribution in [3.8, 4) is 0 Å². The van der Waals surface area contributed by atoms with Crippen molar-refractivity contribution in [3.05, 3.63) is 36.6 Å². The molecule has 0 radical (unpaired) electrons. The molecule has 0 aromatic heterocycles. The highest BCUT2D eigenvalue weighted by molar-refractivity contribution is 5.22. The van der Waals surface area contributed by atoms with E-state index < -0.39 is 0 Å². The molecule has 2 heteroatoms. The molecule has 0 heterocycles. The second-order valence-corrected chi connectivity index (χ2v) is 4.44. The second kappa shape index (κ2) is 11.1. The third-order valence-corrected chi connectivity index (χ3v) is 3.00. The van der Waals surface area contributed by atoms with Crippen molar-refractivity contribution in [2.24, 2.45) is 0 Å². The first-order valence-corrected chi connectivity index (χ1v) is 6.97. The van der Waals surface area contributed by atoms with Gasteiger partial charge in [-0.3, -0.25) is 0 Å². The highest BCUT2D eigenvalue weighted by Gasteiger charge is 2.09. The van der Waals surface area contributed by atoms with E-state index in [9.17, 15) is 0 Å². The monoisotopic (exact) mass is 251 g/mol. The summed E-state index contributed by atoms with van der Waals surface area (Å²) < 4.78 is 5.37. The zero-order valence-corrected chi connectivity index (χ0v) is 12.5. The summed E-state index contributed by atoms with van der Waals surface area (Å²) in [5, 5.41) is 0. The third kappa shape index (κ3) is 7.33. The molecule has 0 amide bonds. The van der Waals surface area contributed by atoms with Crippen LogP contribution in [0.25, 0.3) is 0 Å². The molecule has 0 N–H and O–H groups in total. The maximum atomic E-state index is 5.37. The average Bonchev–Trinajstić information content (AvgIpc) is 2.38. The Morgan fingerprint density at radius 3 is 2.67 bits per heavy atom. The summed E-state index contributed by atoms with van der Waals surface area (Å²) in [6, 6.07) is 0.512.